The largest absolute Gasteiger partial charge is 0.433 e. The van der Waals surface area contributed by atoms with Gasteiger partial charge >= 0.3 is 6.18 Å². The molecule has 1 aliphatic heterocycles. The summed E-state index contributed by atoms with van der Waals surface area (Å²) < 4.78 is 41.2. The number of hydrogen-bond acceptors (Lipinski definition) is 6. The van der Waals surface area contributed by atoms with Crippen LogP contribution in [-0.4, -0.2) is 53.7 Å². The van der Waals surface area contributed by atoms with Crippen LogP contribution in [0.2, 0.25) is 0 Å². The molecule has 160 valence electrons. The normalized spacial score (nSPS) is 17.4. The van der Waals surface area contributed by atoms with Crippen molar-refractivity contribution < 1.29 is 18.0 Å². The molecule has 5 rings (SSSR count). The highest BCUT2D eigenvalue weighted by Gasteiger charge is 2.37. The molecular weight excluding hydrogens is 431 g/mol. The summed E-state index contributed by atoms with van der Waals surface area (Å²) >= 11 is 1.53. The molecule has 4 aromatic rings. The molecule has 0 saturated carbocycles. The third-order valence-corrected chi connectivity index (χ3v) is 6.18. The lowest BCUT2D eigenvalue weighted by Gasteiger charge is -2.32. The molecule has 8 nitrogen and oxygen atoms in total. The van der Waals surface area contributed by atoms with Crippen molar-refractivity contribution in [3.8, 4) is 10.6 Å². The lowest BCUT2D eigenvalue weighted by Crippen LogP contribution is -2.39. The number of aromatic nitrogens is 6. The summed E-state index contributed by atoms with van der Waals surface area (Å²) in [5, 5.41) is 12.6. The molecule has 1 unspecified atom stereocenters. The highest BCUT2D eigenvalue weighted by molar-refractivity contribution is 7.13. The highest BCUT2D eigenvalue weighted by Crippen LogP contribution is 2.33. The van der Waals surface area contributed by atoms with Crippen LogP contribution in [0.25, 0.3) is 16.3 Å². The van der Waals surface area contributed by atoms with Gasteiger partial charge in [0.1, 0.15) is 6.33 Å². The van der Waals surface area contributed by atoms with Gasteiger partial charge in [-0.05, 0) is 36.4 Å². The first-order chi connectivity index (χ1) is 14.9. The van der Waals surface area contributed by atoms with E-state index in [9.17, 15) is 18.0 Å². The smallest absolute Gasteiger partial charge is 0.337 e. The molecule has 31 heavy (non-hydrogen) atoms. The number of hydrogen-bond donors (Lipinski definition) is 1. The molecule has 0 bridgehead atoms. The van der Waals surface area contributed by atoms with Gasteiger partial charge in [0.15, 0.2) is 11.4 Å². The van der Waals surface area contributed by atoms with Crippen LogP contribution in [0.5, 0.6) is 0 Å². The van der Waals surface area contributed by atoms with E-state index >= 15 is 0 Å². The van der Waals surface area contributed by atoms with Crippen molar-refractivity contribution >= 4 is 23.0 Å². The second-order valence-electron chi connectivity index (χ2n) is 7.27. The lowest BCUT2D eigenvalue weighted by molar-refractivity contribution is -0.142. The molecular formula is C19H16F3N7OS. The molecule has 1 atom stereocenters. The molecule has 1 N–H and O–H groups in total. The maximum Gasteiger partial charge on any atom is 0.433 e. The summed E-state index contributed by atoms with van der Waals surface area (Å²) in [7, 11) is 0. The van der Waals surface area contributed by atoms with E-state index in [0.717, 1.165) is 23.0 Å². The number of carbonyl (C=O) groups is 1. The Bertz CT molecular complexity index is 1230. The third-order valence-electron chi connectivity index (χ3n) is 5.27. The van der Waals surface area contributed by atoms with E-state index in [-0.39, 0.29) is 35.5 Å². The maximum absolute atomic E-state index is 13.5. The molecule has 12 heteroatoms. The van der Waals surface area contributed by atoms with E-state index in [2.05, 4.69) is 25.3 Å². The fourth-order valence-corrected chi connectivity index (χ4v) is 4.49. The molecule has 1 fully saturated rings. The summed E-state index contributed by atoms with van der Waals surface area (Å²) in [5.74, 6) is -0.708. The molecule has 0 aliphatic carbocycles. The number of carbonyl (C=O) groups excluding carboxylic acids is 1. The predicted octanol–water partition coefficient (Wildman–Crippen LogP) is 3.61. The summed E-state index contributed by atoms with van der Waals surface area (Å²) in [6, 6.07) is 6.53. The molecule has 1 amide bonds. The molecule has 0 aromatic carbocycles. The topological polar surface area (TPSA) is 92.1 Å². The number of alkyl halides is 3. The van der Waals surface area contributed by atoms with Crippen LogP contribution in [0.1, 0.15) is 40.6 Å². The van der Waals surface area contributed by atoms with E-state index < -0.39 is 11.9 Å². The van der Waals surface area contributed by atoms with Gasteiger partial charge in [-0.15, -0.1) is 11.3 Å². The molecule has 4 aromatic heterocycles. The first kappa shape index (κ1) is 19.7. The number of amides is 1. The van der Waals surface area contributed by atoms with Gasteiger partial charge in [-0.1, -0.05) is 6.07 Å². The van der Waals surface area contributed by atoms with E-state index in [4.69, 9.17) is 0 Å². The number of thiophene rings is 1. The average Bonchev–Trinajstić information content (AvgIpc) is 3.52. The Labute approximate surface area is 177 Å². The third kappa shape index (κ3) is 3.67. The number of H-pyrrole nitrogens is 1. The number of nitrogens with zero attached hydrogens (tertiary/aromatic N) is 6. The first-order valence-electron chi connectivity index (χ1n) is 9.56. The average molecular weight is 447 g/mol. The Hall–Kier alpha value is -3.28. The van der Waals surface area contributed by atoms with E-state index in [0.29, 0.717) is 23.9 Å². The van der Waals surface area contributed by atoms with Crippen molar-refractivity contribution in [3.63, 3.8) is 0 Å². The minimum Gasteiger partial charge on any atom is -0.337 e. The van der Waals surface area contributed by atoms with Gasteiger partial charge in [0.25, 0.3) is 11.7 Å². The second kappa shape index (κ2) is 7.45. The number of rotatable bonds is 3. The van der Waals surface area contributed by atoms with Gasteiger partial charge < -0.3 is 4.90 Å². The van der Waals surface area contributed by atoms with Crippen LogP contribution in [0, 0.1) is 0 Å². The summed E-state index contributed by atoms with van der Waals surface area (Å²) in [6.45, 7) is 0.768. The van der Waals surface area contributed by atoms with Gasteiger partial charge in [0.05, 0.1) is 16.3 Å². The zero-order valence-corrected chi connectivity index (χ0v) is 16.8. The number of nitrogens with one attached hydrogen (secondary N) is 1. The first-order valence-corrected chi connectivity index (χ1v) is 10.4. The minimum absolute atomic E-state index is 0.110. The number of halogens is 3. The SMILES string of the molecule is O=C(c1cc(-c2cccs2)[nH]n1)N1CCCC(c2cc(C(F)(F)F)n3ncnc3n2)C1. The Morgan fingerprint density at radius 1 is 1.29 bits per heavy atom. The van der Waals surface area contributed by atoms with Crippen molar-refractivity contribution in [2.75, 3.05) is 13.1 Å². The molecule has 5 heterocycles. The number of likely N-dealkylation sites (tertiary alicyclic amines) is 1. The van der Waals surface area contributed by atoms with Crippen molar-refractivity contribution in [1.82, 2.24) is 34.7 Å². The summed E-state index contributed by atoms with van der Waals surface area (Å²) in [4.78, 5) is 23.7. The van der Waals surface area contributed by atoms with E-state index in [1.54, 1.807) is 11.0 Å². The minimum atomic E-state index is -4.60. The monoisotopic (exact) mass is 447 g/mol. The van der Waals surface area contributed by atoms with E-state index in [1.165, 1.54) is 11.3 Å². The van der Waals surface area contributed by atoms with Crippen LogP contribution < -0.4 is 0 Å². The van der Waals surface area contributed by atoms with Crippen LogP contribution in [0.3, 0.4) is 0 Å². The molecule has 1 saturated heterocycles. The quantitative estimate of drug-likeness (QED) is 0.518. The zero-order chi connectivity index (χ0) is 21.6. The van der Waals surface area contributed by atoms with Gasteiger partial charge in [-0.25, -0.2) is 4.98 Å². The van der Waals surface area contributed by atoms with Crippen LogP contribution in [0.15, 0.2) is 36.0 Å². The molecule has 1 aliphatic rings. The molecule has 0 radical (unpaired) electrons. The van der Waals surface area contributed by atoms with Crippen molar-refractivity contribution in [2.24, 2.45) is 0 Å². The van der Waals surface area contributed by atoms with Gasteiger partial charge in [0.2, 0.25) is 0 Å². The summed E-state index contributed by atoms with van der Waals surface area (Å²) in [6.07, 6.45) is -2.28. The van der Waals surface area contributed by atoms with Gasteiger partial charge in [-0.2, -0.15) is 32.9 Å². The predicted molar refractivity (Wildman–Crippen MR) is 106 cm³/mol. The number of fused-ring (bicyclic) bond motifs is 1. The Kier molecular flexibility index (Phi) is 4.73. The Balaban J connectivity index is 1.40. The maximum atomic E-state index is 13.5. The number of aromatic amines is 1. The fraction of sp³-hybridized carbons (Fsp3) is 0.316. The van der Waals surface area contributed by atoms with Gasteiger partial charge in [-0.3, -0.25) is 9.89 Å². The fourth-order valence-electron chi connectivity index (χ4n) is 3.80. The highest BCUT2D eigenvalue weighted by atomic mass is 32.1. The zero-order valence-electron chi connectivity index (χ0n) is 16.0. The van der Waals surface area contributed by atoms with E-state index in [1.807, 2.05) is 17.5 Å². The van der Waals surface area contributed by atoms with Crippen LogP contribution in [-0.2, 0) is 6.18 Å². The van der Waals surface area contributed by atoms with Crippen molar-refractivity contribution in [3.05, 3.63) is 53.1 Å². The van der Waals surface area contributed by atoms with Crippen LogP contribution in [0.4, 0.5) is 13.2 Å². The number of piperidine rings is 1. The van der Waals surface area contributed by atoms with Crippen molar-refractivity contribution in [2.45, 2.75) is 24.9 Å². The van der Waals surface area contributed by atoms with Crippen molar-refractivity contribution in [1.29, 1.82) is 0 Å². The van der Waals surface area contributed by atoms with Crippen LogP contribution >= 0.6 is 11.3 Å². The van der Waals surface area contributed by atoms with Gasteiger partial charge in [0, 0.05) is 19.0 Å². The standard InChI is InChI=1S/C19H16F3N7OS/c20-19(21,22)16-8-12(25-18-23-10-24-29(16)18)11-3-1-5-28(9-11)17(30)14-7-13(26-27-14)15-4-2-6-31-15/h2,4,6-8,10-11H,1,3,5,9H2,(H,26,27). The Morgan fingerprint density at radius 3 is 2.94 bits per heavy atom. The Morgan fingerprint density at radius 2 is 2.16 bits per heavy atom. The lowest BCUT2D eigenvalue weighted by atomic mass is 9.94. The molecule has 0 spiro atoms. The second-order valence-corrected chi connectivity index (χ2v) is 8.22. The summed E-state index contributed by atoms with van der Waals surface area (Å²) in [5.41, 5.74) is 0.356.